The van der Waals surface area contributed by atoms with Crippen LogP contribution in [0.25, 0.3) is 0 Å². The lowest BCUT2D eigenvalue weighted by atomic mass is 9.77. The summed E-state index contributed by atoms with van der Waals surface area (Å²) < 4.78 is 11.1. The number of ether oxygens (including phenoxy) is 2. The fourth-order valence-electron chi connectivity index (χ4n) is 3.25. The van der Waals surface area contributed by atoms with E-state index in [1.54, 1.807) is 0 Å². The zero-order valence-corrected chi connectivity index (χ0v) is 14.3. The minimum Gasteiger partial charge on any atom is -0.464 e. The molecule has 0 amide bonds. The number of benzene rings is 1. The van der Waals surface area contributed by atoms with Crippen LogP contribution < -0.4 is 0 Å². The van der Waals surface area contributed by atoms with Gasteiger partial charge in [-0.1, -0.05) is 28.1 Å². The van der Waals surface area contributed by atoms with E-state index in [0.29, 0.717) is 30.6 Å². The molecule has 1 aliphatic carbocycles. The average molecular weight is 381 g/mol. The van der Waals surface area contributed by atoms with E-state index < -0.39 is 17.7 Å². The molecule has 2 aliphatic rings. The number of esters is 1. The highest BCUT2D eigenvalue weighted by atomic mass is 79.9. The highest BCUT2D eigenvalue weighted by Crippen LogP contribution is 2.45. The Labute approximate surface area is 142 Å². The first kappa shape index (κ1) is 16.2. The van der Waals surface area contributed by atoms with Crippen LogP contribution in [-0.2, 0) is 19.1 Å². The van der Waals surface area contributed by atoms with E-state index in [4.69, 9.17) is 4.74 Å². The van der Waals surface area contributed by atoms with Crippen molar-refractivity contribution in [2.75, 3.05) is 7.11 Å². The van der Waals surface area contributed by atoms with Gasteiger partial charge in [-0.2, -0.15) is 0 Å². The van der Waals surface area contributed by atoms with Crippen molar-refractivity contribution in [1.29, 1.82) is 0 Å². The Morgan fingerprint density at radius 1 is 1.43 bits per heavy atom. The van der Waals surface area contributed by atoms with E-state index in [-0.39, 0.29) is 12.2 Å². The number of hydrogen-bond donors (Lipinski definition) is 1. The first-order chi connectivity index (χ1) is 10.9. The molecule has 1 aromatic rings. The van der Waals surface area contributed by atoms with Crippen molar-refractivity contribution >= 4 is 27.7 Å². The quantitative estimate of drug-likeness (QED) is 0.798. The summed E-state index contributed by atoms with van der Waals surface area (Å²) in [6.07, 6.45) is 1.61. The van der Waals surface area contributed by atoms with Crippen molar-refractivity contribution in [2.24, 2.45) is 0 Å². The summed E-state index contributed by atoms with van der Waals surface area (Å²) in [7, 11) is 1.20. The zero-order chi connectivity index (χ0) is 16.6. The van der Waals surface area contributed by atoms with Crippen LogP contribution in [0, 0.1) is 0 Å². The molecule has 0 bridgehead atoms. The van der Waals surface area contributed by atoms with E-state index in [1.165, 1.54) is 7.11 Å². The fourth-order valence-corrected chi connectivity index (χ4v) is 3.66. The molecule has 3 rings (SSSR count). The van der Waals surface area contributed by atoms with Gasteiger partial charge in [0.2, 0.25) is 0 Å². The van der Waals surface area contributed by atoms with Gasteiger partial charge in [-0.05, 0) is 24.1 Å². The molecule has 0 saturated carbocycles. The van der Waals surface area contributed by atoms with Crippen molar-refractivity contribution in [2.45, 2.75) is 37.4 Å². The molecule has 0 fully saturated rings. The third-order valence-corrected chi connectivity index (χ3v) is 4.78. The van der Waals surface area contributed by atoms with Gasteiger partial charge in [0, 0.05) is 35.2 Å². The Bertz CT molecular complexity index is 696. The molecule has 0 spiro atoms. The molecule has 1 heterocycles. The third kappa shape index (κ3) is 2.93. The van der Waals surface area contributed by atoms with Crippen molar-refractivity contribution < 1.29 is 24.2 Å². The van der Waals surface area contributed by atoms with Crippen LogP contribution in [0.15, 0.2) is 40.1 Å². The summed E-state index contributed by atoms with van der Waals surface area (Å²) in [6, 6.07) is 7.51. The van der Waals surface area contributed by atoms with Crippen LogP contribution in [-0.4, -0.2) is 29.8 Å². The van der Waals surface area contributed by atoms with Gasteiger partial charge >= 0.3 is 11.8 Å². The van der Waals surface area contributed by atoms with Crippen LogP contribution in [0.5, 0.6) is 0 Å². The minimum absolute atomic E-state index is 0.0168. The summed E-state index contributed by atoms with van der Waals surface area (Å²) in [5, 5.41) is 10.6. The third-order valence-electron chi connectivity index (χ3n) is 4.29. The summed E-state index contributed by atoms with van der Waals surface area (Å²) in [6.45, 7) is 0. The predicted octanol–water partition coefficient (Wildman–Crippen LogP) is 2.82. The van der Waals surface area contributed by atoms with E-state index in [0.717, 1.165) is 10.0 Å². The number of ketones is 1. The molecule has 1 aliphatic heterocycles. The Balaban J connectivity index is 2.10. The number of methoxy groups -OCH3 is 1. The normalized spacial score (nSPS) is 27.3. The van der Waals surface area contributed by atoms with Crippen molar-refractivity contribution in [3.63, 3.8) is 0 Å². The number of allylic oxidation sites excluding steroid dienone is 2. The van der Waals surface area contributed by atoms with Gasteiger partial charge in [-0.25, -0.2) is 4.79 Å². The Kier molecular flexibility index (Phi) is 4.29. The number of aliphatic hydroxyl groups is 1. The van der Waals surface area contributed by atoms with Crippen LogP contribution in [0.3, 0.4) is 0 Å². The molecule has 0 saturated heterocycles. The lowest BCUT2D eigenvalue weighted by molar-refractivity contribution is -0.222. The standard InChI is InChI=1S/C17H17BrO5/c1-22-16(20)17(21)9-12(10-4-2-5-11(18)8-10)15-13(19)6-3-7-14(15)23-17/h2,4-5,8,12,21H,3,6-7,9H2,1H3/t12-,17?/m1/s1. The number of rotatable bonds is 2. The van der Waals surface area contributed by atoms with Crippen LogP contribution >= 0.6 is 15.9 Å². The lowest BCUT2D eigenvalue weighted by Gasteiger charge is -2.39. The second kappa shape index (κ2) is 6.09. The molecule has 1 aromatic carbocycles. The number of Topliss-reactive ketones (excluding diaryl/α,β-unsaturated/α-hetero) is 1. The zero-order valence-electron chi connectivity index (χ0n) is 12.7. The SMILES string of the molecule is COC(=O)C1(O)C[C@H](c2cccc(Br)c2)C2=C(CCCC2=O)O1. The van der Waals surface area contributed by atoms with Crippen molar-refractivity contribution in [3.05, 3.63) is 45.6 Å². The molecule has 0 aromatic heterocycles. The smallest absolute Gasteiger partial charge is 0.379 e. The fraction of sp³-hybridized carbons (Fsp3) is 0.412. The Morgan fingerprint density at radius 2 is 2.22 bits per heavy atom. The molecule has 0 radical (unpaired) electrons. The van der Waals surface area contributed by atoms with Crippen LogP contribution in [0.4, 0.5) is 0 Å². The maximum Gasteiger partial charge on any atom is 0.379 e. The van der Waals surface area contributed by atoms with E-state index in [1.807, 2.05) is 24.3 Å². The van der Waals surface area contributed by atoms with E-state index >= 15 is 0 Å². The van der Waals surface area contributed by atoms with Crippen LogP contribution in [0.1, 0.15) is 37.2 Å². The number of hydrogen-bond acceptors (Lipinski definition) is 5. The van der Waals surface area contributed by atoms with Gasteiger partial charge in [0.25, 0.3) is 0 Å². The largest absolute Gasteiger partial charge is 0.464 e. The number of carbonyl (C=O) groups is 2. The number of halogens is 1. The summed E-state index contributed by atoms with van der Waals surface area (Å²) in [4.78, 5) is 24.4. The van der Waals surface area contributed by atoms with Crippen LogP contribution in [0.2, 0.25) is 0 Å². The van der Waals surface area contributed by atoms with Gasteiger partial charge in [0.1, 0.15) is 5.76 Å². The summed E-state index contributed by atoms with van der Waals surface area (Å²) in [5.74, 6) is -2.87. The molecule has 5 nitrogen and oxygen atoms in total. The minimum atomic E-state index is -2.06. The van der Waals surface area contributed by atoms with Gasteiger partial charge in [-0.15, -0.1) is 0 Å². The molecule has 1 unspecified atom stereocenters. The average Bonchev–Trinajstić information content (AvgIpc) is 2.53. The molecule has 122 valence electrons. The second-order valence-corrected chi connectivity index (χ2v) is 6.72. The van der Waals surface area contributed by atoms with Gasteiger partial charge in [0.15, 0.2) is 5.78 Å². The van der Waals surface area contributed by atoms with E-state index in [2.05, 4.69) is 20.7 Å². The molecule has 23 heavy (non-hydrogen) atoms. The predicted molar refractivity (Wildman–Crippen MR) is 85.4 cm³/mol. The summed E-state index contributed by atoms with van der Waals surface area (Å²) >= 11 is 3.42. The van der Waals surface area contributed by atoms with Gasteiger partial charge < -0.3 is 14.6 Å². The van der Waals surface area contributed by atoms with Crippen molar-refractivity contribution in [1.82, 2.24) is 0 Å². The monoisotopic (exact) mass is 380 g/mol. The molecule has 1 N–H and O–H groups in total. The van der Waals surface area contributed by atoms with Gasteiger partial charge in [-0.3, -0.25) is 4.79 Å². The molecular weight excluding hydrogens is 364 g/mol. The molecular formula is C17H17BrO5. The van der Waals surface area contributed by atoms with Crippen molar-refractivity contribution in [3.8, 4) is 0 Å². The maximum absolute atomic E-state index is 12.4. The Hall–Kier alpha value is -1.66. The molecule has 2 atom stereocenters. The number of carbonyl (C=O) groups excluding carboxylic acids is 2. The molecule has 6 heteroatoms. The summed E-state index contributed by atoms with van der Waals surface area (Å²) in [5.41, 5.74) is 1.43. The highest BCUT2D eigenvalue weighted by Gasteiger charge is 2.50. The Morgan fingerprint density at radius 3 is 2.91 bits per heavy atom. The first-order valence-electron chi connectivity index (χ1n) is 7.46. The second-order valence-electron chi connectivity index (χ2n) is 5.80. The highest BCUT2D eigenvalue weighted by molar-refractivity contribution is 9.10. The lowest BCUT2D eigenvalue weighted by Crippen LogP contribution is -2.47. The topological polar surface area (TPSA) is 72.8 Å². The maximum atomic E-state index is 12.4. The van der Waals surface area contributed by atoms with Gasteiger partial charge in [0.05, 0.1) is 7.11 Å². The first-order valence-corrected chi connectivity index (χ1v) is 8.25. The van der Waals surface area contributed by atoms with E-state index in [9.17, 15) is 14.7 Å².